The summed E-state index contributed by atoms with van der Waals surface area (Å²) in [6.45, 7) is 0. The minimum atomic E-state index is -4.69. The first-order valence-corrected chi connectivity index (χ1v) is 10.2. The van der Waals surface area contributed by atoms with E-state index in [0.717, 1.165) is 6.07 Å². The molecule has 16 heteroatoms. The van der Waals surface area contributed by atoms with Crippen molar-refractivity contribution in [1.82, 2.24) is 9.97 Å². The van der Waals surface area contributed by atoms with Crippen molar-refractivity contribution in [1.29, 1.82) is 0 Å². The Morgan fingerprint density at radius 2 is 1.12 bits per heavy atom. The summed E-state index contributed by atoms with van der Waals surface area (Å²) in [5.74, 6) is 0. The maximum atomic E-state index is 10.8. The molecule has 0 aliphatic rings. The van der Waals surface area contributed by atoms with Gasteiger partial charge in [0, 0.05) is 0 Å². The predicted molar refractivity (Wildman–Crippen MR) is 97.0 cm³/mol. The zero-order valence-corrected chi connectivity index (χ0v) is 16.7. The summed E-state index contributed by atoms with van der Waals surface area (Å²) in [4.78, 5) is 5.40. The van der Waals surface area contributed by atoms with Crippen LogP contribution in [-0.2, 0) is 20.2 Å². The Kier molecular flexibility index (Phi) is 7.29. The average molecular weight is 486 g/mol. The summed E-state index contributed by atoms with van der Waals surface area (Å²) < 4.78 is 60.7. The zero-order valence-electron chi connectivity index (χ0n) is 12.1. The van der Waals surface area contributed by atoms with E-state index in [4.69, 9.17) is 67.0 Å². The van der Waals surface area contributed by atoms with Crippen LogP contribution in [0, 0.1) is 0 Å². The smallest absolute Gasteiger partial charge is 0.296 e. The molecule has 2 aromatic rings. The van der Waals surface area contributed by atoms with Crippen LogP contribution in [0.5, 0.6) is 0 Å². The molecule has 1 heterocycles. The van der Waals surface area contributed by atoms with Gasteiger partial charge >= 0.3 is 0 Å². The number of hydrogen-bond acceptors (Lipinski definition) is 8. The lowest BCUT2D eigenvalue weighted by atomic mass is 10.3. The van der Waals surface area contributed by atoms with Crippen molar-refractivity contribution >= 4 is 78.0 Å². The second kappa shape index (κ2) is 8.27. The summed E-state index contributed by atoms with van der Waals surface area (Å²) in [5, 5.41) is 0.227. The molecule has 0 aliphatic carbocycles. The fraction of sp³-hybridized carbons (Fsp3) is 0. The maximum absolute atomic E-state index is 10.8. The van der Waals surface area contributed by atoms with Crippen molar-refractivity contribution in [2.24, 2.45) is 0 Å². The van der Waals surface area contributed by atoms with Crippen molar-refractivity contribution in [3.8, 4) is 0 Å². The number of benzene rings is 1. The number of halogens is 4. The van der Waals surface area contributed by atoms with Crippen molar-refractivity contribution in [3.63, 3.8) is 0 Å². The highest BCUT2D eigenvalue weighted by molar-refractivity contribution is 7.86. The van der Waals surface area contributed by atoms with Crippen LogP contribution >= 0.6 is 46.4 Å². The lowest BCUT2D eigenvalue weighted by molar-refractivity contribution is 0.482. The lowest BCUT2D eigenvalue weighted by Gasteiger charge is -2.07. The van der Waals surface area contributed by atoms with Gasteiger partial charge in [0.05, 0.1) is 11.4 Å². The normalized spacial score (nSPS) is 11.6. The molecule has 144 valence electrons. The topological polar surface area (TPSA) is 187 Å². The van der Waals surface area contributed by atoms with Crippen LogP contribution in [-0.4, -0.2) is 35.9 Å². The number of nitrogens with zero attached hydrogens (tertiary/aromatic N) is 2. The third kappa shape index (κ3) is 5.96. The van der Waals surface area contributed by atoms with E-state index in [1.807, 2.05) is 0 Å². The van der Waals surface area contributed by atoms with Gasteiger partial charge in [-0.3, -0.25) is 9.11 Å². The first kappa shape index (κ1) is 22.9. The molecule has 0 saturated carbocycles. The van der Waals surface area contributed by atoms with E-state index < -0.39 is 41.4 Å². The molecule has 0 radical (unpaired) electrons. The molecule has 0 amide bonds. The van der Waals surface area contributed by atoms with Crippen LogP contribution in [0.1, 0.15) is 0 Å². The number of anilines is 2. The summed E-state index contributed by atoms with van der Waals surface area (Å²) >= 11 is 21.8. The number of rotatable bonds is 2. The number of nitrogens with two attached hydrogens (primary N) is 2. The van der Waals surface area contributed by atoms with Crippen LogP contribution in [0.2, 0.25) is 20.6 Å². The van der Waals surface area contributed by atoms with E-state index in [2.05, 4.69) is 9.97 Å². The van der Waals surface area contributed by atoms with Gasteiger partial charge in [-0.2, -0.15) is 16.8 Å². The summed E-state index contributed by atoms with van der Waals surface area (Å²) in [6.07, 6.45) is 0. The second-order valence-electron chi connectivity index (χ2n) is 4.27. The molecule has 0 unspecified atom stereocenters. The number of aromatic nitrogens is 2. The summed E-state index contributed by atoms with van der Waals surface area (Å²) in [7, 11) is -9.38. The molecular formula is C10H8Cl4N4O6S2. The molecule has 2 rings (SSSR count). The SMILES string of the molecule is Clc1nc(Cl)c(Cl)c(Cl)n1.Nc1cc(N)c(S(=O)(=O)O)cc1S(=O)(=O)O. The second-order valence-corrected chi connectivity index (χ2v) is 8.48. The fourth-order valence-corrected chi connectivity index (χ4v) is 3.46. The highest BCUT2D eigenvalue weighted by Crippen LogP contribution is 2.28. The Hall–Kier alpha value is -1.12. The summed E-state index contributed by atoms with van der Waals surface area (Å²) in [5.41, 5.74) is 9.60. The van der Waals surface area contributed by atoms with Gasteiger partial charge in [-0.15, -0.1) is 0 Å². The van der Waals surface area contributed by atoms with Gasteiger partial charge in [0.15, 0.2) is 10.3 Å². The Morgan fingerprint density at radius 1 is 0.769 bits per heavy atom. The van der Waals surface area contributed by atoms with Gasteiger partial charge < -0.3 is 11.5 Å². The van der Waals surface area contributed by atoms with E-state index in [-0.39, 0.29) is 20.6 Å². The number of hydrogen-bond donors (Lipinski definition) is 4. The van der Waals surface area contributed by atoms with Gasteiger partial charge in [-0.25, -0.2) is 9.97 Å². The zero-order chi connectivity index (χ0) is 20.4. The van der Waals surface area contributed by atoms with Crippen molar-refractivity contribution in [2.45, 2.75) is 9.79 Å². The van der Waals surface area contributed by atoms with Crippen LogP contribution in [0.25, 0.3) is 0 Å². The minimum Gasteiger partial charge on any atom is -0.398 e. The van der Waals surface area contributed by atoms with E-state index in [1.165, 1.54) is 0 Å². The Morgan fingerprint density at radius 3 is 1.42 bits per heavy atom. The minimum absolute atomic E-state index is 0.0144. The molecule has 6 N–H and O–H groups in total. The van der Waals surface area contributed by atoms with Crippen LogP contribution in [0.3, 0.4) is 0 Å². The van der Waals surface area contributed by atoms with Gasteiger partial charge in [0.2, 0.25) is 5.28 Å². The number of nitrogen functional groups attached to an aromatic ring is 2. The van der Waals surface area contributed by atoms with E-state index in [9.17, 15) is 16.8 Å². The molecule has 0 spiro atoms. The quantitative estimate of drug-likeness (QED) is 0.213. The molecule has 10 nitrogen and oxygen atoms in total. The van der Waals surface area contributed by atoms with Crippen LogP contribution in [0.4, 0.5) is 11.4 Å². The molecular weight excluding hydrogens is 478 g/mol. The molecule has 0 saturated heterocycles. The van der Waals surface area contributed by atoms with Crippen molar-refractivity contribution < 1.29 is 25.9 Å². The standard InChI is InChI=1S/C6H8N2O6S2.C4Cl4N2/c7-3-1-4(8)6(16(12,13)14)2-5(3)15(9,10)11;5-1-2(6)9-4(8)10-3(1)7/h1-2H,7-8H2,(H,9,10,11)(H,12,13,14);. The lowest BCUT2D eigenvalue weighted by Crippen LogP contribution is -2.09. The van der Waals surface area contributed by atoms with Crippen molar-refractivity contribution in [2.75, 3.05) is 11.5 Å². The predicted octanol–water partition coefficient (Wildman–Crippen LogP) is 2.43. The largest absolute Gasteiger partial charge is 0.398 e. The monoisotopic (exact) mass is 484 g/mol. The Labute approximate surface area is 167 Å². The fourth-order valence-electron chi connectivity index (χ4n) is 1.41. The van der Waals surface area contributed by atoms with Crippen molar-refractivity contribution in [3.05, 3.63) is 32.7 Å². The van der Waals surface area contributed by atoms with Gasteiger partial charge in [0.1, 0.15) is 14.8 Å². The molecule has 0 fully saturated rings. The molecule has 1 aromatic heterocycles. The third-order valence-corrected chi connectivity index (χ3v) is 5.53. The Bertz CT molecular complexity index is 985. The van der Waals surface area contributed by atoms with Gasteiger partial charge in [0.25, 0.3) is 20.2 Å². The Balaban J connectivity index is 0.000000289. The van der Waals surface area contributed by atoms with Crippen LogP contribution in [0.15, 0.2) is 21.9 Å². The molecule has 0 bridgehead atoms. The van der Waals surface area contributed by atoms with E-state index in [0.29, 0.717) is 6.07 Å². The molecule has 0 atom stereocenters. The van der Waals surface area contributed by atoms with Gasteiger partial charge in [-0.1, -0.05) is 34.8 Å². The van der Waals surface area contributed by atoms with E-state index in [1.54, 1.807) is 0 Å². The third-order valence-electron chi connectivity index (χ3n) is 2.44. The molecule has 1 aromatic carbocycles. The van der Waals surface area contributed by atoms with Crippen LogP contribution < -0.4 is 11.5 Å². The molecule has 26 heavy (non-hydrogen) atoms. The highest BCUT2D eigenvalue weighted by atomic mass is 35.5. The highest BCUT2D eigenvalue weighted by Gasteiger charge is 2.22. The maximum Gasteiger partial charge on any atom is 0.296 e. The average Bonchev–Trinajstić information content (AvgIpc) is 2.42. The molecule has 0 aliphatic heterocycles. The summed E-state index contributed by atoms with van der Waals surface area (Å²) in [6, 6.07) is 1.29. The first-order valence-electron chi connectivity index (χ1n) is 5.82. The van der Waals surface area contributed by atoms with Gasteiger partial charge in [-0.05, 0) is 23.7 Å². The first-order chi connectivity index (χ1) is 11.6. The van der Waals surface area contributed by atoms with E-state index >= 15 is 0 Å².